The van der Waals surface area contributed by atoms with Crippen molar-refractivity contribution < 1.29 is 4.74 Å². The van der Waals surface area contributed by atoms with Crippen LogP contribution in [0.3, 0.4) is 0 Å². The van der Waals surface area contributed by atoms with Gasteiger partial charge >= 0.3 is 0 Å². The number of benzene rings is 1. The van der Waals surface area contributed by atoms with E-state index in [1.165, 1.54) is 0 Å². The van der Waals surface area contributed by atoms with Crippen LogP contribution in [0.25, 0.3) is 0 Å². The van der Waals surface area contributed by atoms with Gasteiger partial charge in [-0.3, -0.25) is 0 Å². The molecule has 2 heteroatoms. The predicted octanol–water partition coefficient (Wildman–Crippen LogP) is 2.15. The van der Waals surface area contributed by atoms with Gasteiger partial charge in [0.1, 0.15) is 12.4 Å². The maximum absolute atomic E-state index is 5.59. The Kier molecular flexibility index (Phi) is 2.83. The Bertz CT molecular complexity index is 258. The first-order valence-corrected chi connectivity index (χ1v) is 3.44. The molecule has 1 aromatic carbocycles. The second-order valence-corrected chi connectivity index (χ2v) is 2.27. The van der Waals surface area contributed by atoms with Gasteiger partial charge in [-0.25, -0.2) is 0 Å². The number of terminal acetylenes is 1. The van der Waals surface area contributed by atoms with Gasteiger partial charge in [0.25, 0.3) is 0 Å². The summed E-state index contributed by atoms with van der Waals surface area (Å²) in [7, 11) is 0. The van der Waals surface area contributed by atoms with E-state index in [0.717, 1.165) is 0 Å². The number of rotatable bonds is 2. The molecule has 0 aliphatic carbocycles. The van der Waals surface area contributed by atoms with Crippen molar-refractivity contribution in [2.24, 2.45) is 0 Å². The molecule has 0 heterocycles. The summed E-state index contributed by atoms with van der Waals surface area (Å²) in [5.74, 6) is 3.05. The molecule has 0 aliphatic heterocycles. The van der Waals surface area contributed by atoms with Crippen LogP contribution in [0.15, 0.2) is 18.2 Å². The van der Waals surface area contributed by atoms with Crippen molar-refractivity contribution in [2.75, 3.05) is 6.61 Å². The van der Waals surface area contributed by atoms with E-state index >= 15 is 0 Å². The molecular formula is C9H6ClO. The standard InChI is InChI=1S/C9H6ClO/c1-2-7-11-9-5-3-8(10)4-6-9/h1,3,5-6H,7H2. The molecule has 0 N–H and O–H groups in total. The third-order valence-electron chi connectivity index (χ3n) is 1.07. The monoisotopic (exact) mass is 165 g/mol. The minimum Gasteiger partial charge on any atom is -0.481 e. The molecule has 1 radical (unpaired) electrons. The van der Waals surface area contributed by atoms with Crippen molar-refractivity contribution >= 4 is 11.6 Å². The molecule has 1 rings (SSSR count). The predicted molar refractivity (Wildman–Crippen MR) is 44.6 cm³/mol. The van der Waals surface area contributed by atoms with Crippen molar-refractivity contribution in [3.8, 4) is 18.1 Å². The topological polar surface area (TPSA) is 9.23 Å². The van der Waals surface area contributed by atoms with E-state index in [1.54, 1.807) is 18.2 Å². The highest BCUT2D eigenvalue weighted by atomic mass is 35.5. The van der Waals surface area contributed by atoms with Gasteiger partial charge in [-0.2, -0.15) is 0 Å². The Morgan fingerprint density at radius 1 is 1.64 bits per heavy atom. The largest absolute Gasteiger partial charge is 0.481 e. The smallest absolute Gasteiger partial charge is 0.148 e. The lowest BCUT2D eigenvalue weighted by atomic mass is 10.3. The van der Waals surface area contributed by atoms with Gasteiger partial charge in [-0.1, -0.05) is 17.5 Å². The lowest BCUT2D eigenvalue weighted by molar-refractivity contribution is 0.370. The van der Waals surface area contributed by atoms with Crippen molar-refractivity contribution in [1.82, 2.24) is 0 Å². The third-order valence-corrected chi connectivity index (χ3v) is 1.30. The highest BCUT2D eigenvalue weighted by molar-refractivity contribution is 6.30. The van der Waals surface area contributed by atoms with Gasteiger partial charge in [0, 0.05) is 11.1 Å². The Morgan fingerprint density at radius 2 is 2.45 bits per heavy atom. The maximum atomic E-state index is 5.59. The molecule has 1 aromatic rings. The molecule has 55 valence electrons. The van der Waals surface area contributed by atoms with Crippen molar-refractivity contribution in [1.29, 1.82) is 0 Å². The van der Waals surface area contributed by atoms with Crippen LogP contribution < -0.4 is 4.74 Å². The highest BCUT2D eigenvalue weighted by Gasteiger charge is 1.90. The first-order valence-electron chi connectivity index (χ1n) is 3.06. The molecule has 0 bridgehead atoms. The number of halogens is 1. The van der Waals surface area contributed by atoms with Crippen LogP contribution in [0.4, 0.5) is 0 Å². The van der Waals surface area contributed by atoms with Crippen LogP contribution in [-0.4, -0.2) is 6.61 Å². The summed E-state index contributed by atoms with van der Waals surface area (Å²) in [5, 5.41) is 0.568. The molecule has 0 spiro atoms. The molecule has 0 saturated carbocycles. The molecule has 0 saturated heterocycles. The Hall–Kier alpha value is -1.13. The van der Waals surface area contributed by atoms with Crippen molar-refractivity contribution in [3.05, 3.63) is 29.3 Å². The van der Waals surface area contributed by atoms with Gasteiger partial charge in [-0.05, 0) is 18.2 Å². The second-order valence-electron chi connectivity index (χ2n) is 1.87. The average Bonchev–Trinajstić information content (AvgIpc) is 2.04. The van der Waals surface area contributed by atoms with Crippen LogP contribution in [-0.2, 0) is 0 Å². The van der Waals surface area contributed by atoms with Crippen LogP contribution >= 0.6 is 11.6 Å². The van der Waals surface area contributed by atoms with Gasteiger partial charge in [-0.15, -0.1) is 6.42 Å². The van der Waals surface area contributed by atoms with Crippen LogP contribution in [0, 0.1) is 18.4 Å². The van der Waals surface area contributed by atoms with Crippen molar-refractivity contribution in [3.63, 3.8) is 0 Å². The van der Waals surface area contributed by atoms with E-state index in [9.17, 15) is 0 Å². The summed E-state index contributed by atoms with van der Waals surface area (Å²) in [4.78, 5) is 0. The molecule has 0 unspecified atom stereocenters. The second kappa shape index (κ2) is 3.90. The van der Waals surface area contributed by atoms with Crippen LogP contribution in [0.5, 0.6) is 5.75 Å². The SMILES string of the molecule is C#CCOc1c[c]c(Cl)cc1. The molecule has 1 nitrogen and oxygen atoms in total. The quantitative estimate of drug-likeness (QED) is 0.611. The lowest BCUT2D eigenvalue weighted by Crippen LogP contribution is -1.92. The summed E-state index contributed by atoms with van der Waals surface area (Å²) in [6.45, 7) is 0.273. The first-order chi connectivity index (χ1) is 5.33. The summed E-state index contributed by atoms with van der Waals surface area (Å²) in [6, 6.07) is 7.88. The Labute approximate surface area is 70.9 Å². The van der Waals surface area contributed by atoms with Gasteiger partial charge in [0.2, 0.25) is 0 Å². The fourth-order valence-corrected chi connectivity index (χ4v) is 0.724. The summed E-state index contributed by atoms with van der Waals surface area (Å²) in [5.41, 5.74) is 0. The number of hydrogen-bond acceptors (Lipinski definition) is 1. The molecule has 0 atom stereocenters. The van der Waals surface area contributed by atoms with Crippen molar-refractivity contribution in [2.45, 2.75) is 0 Å². The molecular weight excluding hydrogens is 160 g/mol. The summed E-state index contributed by atoms with van der Waals surface area (Å²) in [6.07, 6.45) is 4.99. The van der Waals surface area contributed by atoms with E-state index in [2.05, 4.69) is 12.0 Å². The maximum Gasteiger partial charge on any atom is 0.148 e. The lowest BCUT2D eigenvalue weighted by Gasteiger charge is -1.99. The molecule has 0 aliphatic rings. The zero-order valence-electron chi connectivity index (χ0n) is 5.80. The zero-order chi connectivity index (χ0) is 8.10. The summed E-state index contributed by atoms with van der Waals surface area (Å²) < 4.78 is 5.08. The normalized spacial score (nSPS) is 8.73. The van der Waals surface area contributed by atoms with E-state index in [1.807, 2.05) is 0 Å². The Morgan fingerprint density at radius 3 is 3.00 bits per heavy atom. The average molecular weight is 166 g/mol. The number of ether oxygens (including phenoxy) is 1. The van der Waals surface area contributed by atoms with E-state index in [4.69, 9.17) is 22.8 Å². The number of hydrogen-bond donors (Lipinski definition) is 0. The van der Waals surface area contributed by atoms with Gasteiger partial charge in [0.15, 0.2) is 0 Å². The molecule has 0 amide bonds. The van der Waals surface area contributed by atoms with Gasteiger partial charge < -0.3 is 4.74 Å². The molecule has 0 aromatic heterocycles. The van der Waals surface area contributed by atoms with E-state index in [-0.39, 0.29) is 6.61 Å². The minimum atomic E-state index is 0.273. The van der Waals surface area contributed by atoms with Gasteiger partial charge in [0.05, 0.1) is 0 Å². The molecule has 0 fully saturated rings. The first kappa shape index (κ1) is 7.97. The van der Waals surface area contributed by atoms with Crippen LogP contribution in [0.1, 0.15) is 0 Å². The molecule has 11 heavy (non-hydrogen) atoms. The van der Waals surface area contributed by atoms with E-state index < -0.39 is 0 Å². The van der Waals surface area contributed by atoms with Crippen LogP contribution in [0.2, 0.25) is 5.02 Å². The Balaban J connectivity index is 2.60. The summed E-state index contributed by atoms with van der Waals surface area (Å²) >= 11 is 5.59. The van der Waals surface area contributed by atoms with E-state index in [0.29, 0.717) is 10.8 Å². The zero-order valence-corrected chi connectivity index (χ0v) is 6.56. The fraction of sp³-hybridized carbons (Fsp3) is 0.111. The fourth-order valence-electron chi connectivity index (χ4n) is 0.606. The highest BCUT2D eigenvalue weighted by Crippen LogP contribution is 2.14. The third kappa shape index (κ3) is 2.53. The minimum absolute atomic E-state index is 0.273.